The largest absolute Gasteiger partial charge is 0.480 e. The monoisotopic (exact) mass is 268 g/mol. The quantitative estimate of drug-likeness (QED) is 0.605. The van der Waals surface area contributed by atoms with Crippen LogP contribution in [0.1, 0.15) is 18.4 Å². The molecule has 0 aromatic heterocycles. The van der Waals surface area contributed by atoms with E-state index in [4.69, 9.17) is 5.11 Å². The number of carboxylic acid groups (broad SMARTS) is 1. The average Bonchev–Trinajstić information content (AvgIpc) is 3.12. The zero-order valence-electron chi connectivity index (χ0n) is 10.0. The van der Waals surface area contributed by atoms with Crippen molar-refractivity contribution >= 4 is 11.7 Å². The summed E-state index contributed by atoms with van der Waals surface area (Å²) in [5.41, 5.74) is 0.0219. The number of aliphatic carboxylic acids is 1. The third kappa shape index (κ3) is 3.47. The highest BCUT2D eigenvalue weighted by atomic mass is 19.1. The van der Waals surface area contributed by atoms with Crippen LogP contribution in [0, 0.1) is 21.8 Å². The Labute approximate surface area is 108 Å². The van der Waals surface area contributed by atoms with E-state index in [2.05, 4.69) is 5.32 Å². The number of nitrogens with zero attached hydrogens (tertiary/aromatic N) is 1. The first-order valence-electron chi connectivity index (χ1n) is 5.87. The molecule has 19 heavy (non-hydrogen) atoms. The zero-order valence-corrected chi connectivity index (χ0v) is 10.0. The molecular formula is C12H13FN2O4. The molecule has 1 aromatic carbocycles. The molecule has 1 fully saturated rings. The molecule has 2 N–H and O–H groups in total. The van der Waals surface area contributed by atoms with E-state index in [0.717, 1.165) is 25.0 Å². The average molecular weight is 268 g/mol. The lowest BCUT2D eigenvalue weighted by Crippen LogP contribution is -2.38. The van der Waals surface area contributed by atoms with Crippen LogP contribution in [0.3, 0.4) is 0 Å². The van der Waals surface area contributed by atoms with Gasteiger partial charge in [0, 0.05) is 12.6 Å². The molecule has 1 atom stereocenters. The molecule has 102 valence electrons. The smallest absolute Gasteiger partial charge is 0.320 e. The summed E-state index contributed by atoms with van der Waals surface area (Å²) in [5, 5.41) is 22.4. The van der Waals surface area contributed by atoms with E-state index >= 15 is 0 Å². The van der Waals surface area contributed by atoms with Gasteiger partial charge >= 0.3 is 5.97 Å². The number of carbonyl (C=O) groups is 1. The summed E-state index contributed by atoms with van der Waals surface area (Å²) in [7, 11) is 0. The third-order valence-electron chi connectivity index (χ3n) is 3.04. The summed E-state index contributed by atoms with van der Waals surface area (Å²) < 4.78 is 13.2. The van der Waals surface area contributed by atoms with Crippen LogP contribution in [-0.4, -0.2) is 22.0 Å². The van der Waals surface area contributed by atoms with E-state index in [1.54, 1.807) is 0 Å². The van der Waals surface area contributed by atoms with Gasteiger partial charge in [0.05, 0.1) is 11.0 Å². The molecule has 0 amide bonds. The lowest BCUT2D eigenvalue weighted by atomic mass is 10.1. The maximum Gasteiger partial charge on any atom is 0.320 e. The summed E-state index contributed by atoms with van der Waals surface area (Å²) in [6.07, 6.45) is 1.71. The summed E-state index contributed by atoms with van der Waals surface area (Å²) in [4.78, 5) is 20.9. The number of halogens is 1. The normalized spacial score (nSPS) is 16.1. The fourth-order valence-electron chi connectivity index (χ4n) is 1.95. The molecule has 0 radical (unpaired) electrons. The van der Waals surface area contributed by atoms with Crippen LogP contribution in [0.5, 0.6) is 0 Å². The van der Waals surface area contributed by atoms with Crippen LogP contribution in [-0.2, 0) is 11.3 Å². The Balaban J connectivity index is 2.06. The van der Waals surface area contributed by atoms with Crippen molar-refractivity contribution in [3.8, 4) is 0 Å². The summed E-state index contributed by atoms with van der Waals surface area (Å²) in [5.74, 6) is -1.56. The van der Waals surface area contributed by atoms with Crippen LogP contribution in [0.15, 0.2) is 18.2 Å². The topological polar surface area (TPSA) is 92.5 Å². The molecule has 6 nitrogen and oxygen atoms in total. The Morgan fingerprint density at radius 1 is 1.53 bits per heavy atom. The molecule has 0 heterocycles. The SMILES string of the molecule is O=C(O)C(NCc1cc(F)cc([N+](=O)[O-])c1)C1CC1. The van der Waals surface area contributed by atoms with Gasteiger partial charge < -0.3 is 10.4 Å². The Hall–Kier alpha value is -2.02. The first-order valence-corrected chi connectivity index (χ1v) is 5.87. The Morgan fingerprint density at radius 2 is 2.21 bits per heavy atom. The molecule has 7 heteroatoms. The van der Waals surface area contributed by atoms with Gasteiger partial charge in [-0.25, -0.2) is 4.39 Å². The van der Waals surface area contributed by atoms with Gasteiger partial charge in [-0.2, -0.15) is 0 Å². The lowest BCUT2D eigenvalue weighted by Gasteiger charge is -2.13. The van der Waals surface area contributed by atoms with Crippen LogP contribution < -0.4 is 5.32 Å². The second kappa shape index (κ2) is 5.31. The number of hydrogen-bond acceptors (Lipinski definition) is 4. The predicted molar refractivity (Wildman–Crippen MR) is 64.0 cm³/mol. The van der Waals surface area contributed by atoms with Gasteiger partial charge in [0.2, 0.25) is 0 Å². The van der Waals surface area contributed by atoms with Gasteiger partial charge in [0.15, 0.2) is 0 Å². The van der Waals surface area contributed by atoms with Crippen LogP contribution in [0.4, 0.5) is 10.1 Å². The molecule has 1 aromatic rings. The van der Waals surface area contributed by atoms with Gasteiger partial charge in [0.25, 0.3) is 5.69 Å². The van der Waals surface area contributed by atoms with Crippen molar-refractivity contribution in [2.45, 2.75) is 25.4 Å². The van der Waals surface area contributed by atoms with E-state index in [-0.39, 0.29) is 18.2 Å². The number of nitrogens with one attached hydrogen (secondary N) is 1. The molecule has 1 aliphatic rings. The first kappa shape index (κ1) is 13.4. The molecule has 2 rings (SSSR count). The van der Waals surface area contributed by atoms with Crippen molar-refractivity contribution in [3.63, 3.8) is 0 Å². The maximum absolute atomic E-state index is 13.2. The van der Waals surface area contributed by atoms with Crippen molar-refractivity contribution in [2.24, 2.45) is 5.92 Å². The Bertz CT molecular complexity index is 516. The fourth-order valence-corrected chi connectivity index (χ4v) is 1.95. The summed E-state index contributed by atoms with van der Waals surface area (Å²) >= 11 is 0. The molecular weight excluding hydrogens is 255 g/mol. The number of benzene rings is 1. The second-order valence-electron chi connectivity index (χ2n) is 4.61. The van der Waals surface area contributed by atoms with Crippen molar-refractivity contribution in [1.29, 1.82) is 0 Å². The Kier molecular flexibility index (Phi) is 3.75. The minimum Gasteiger partial charge on any atom is -0.480 e. The first-order chi connectivity index (χ1) is 8.97. The van der Waals surface area contributed by atoms with E-state index < -0.39 is 22.8 Å². The molecule has 0 spiro atoms. The van der Waals surface area contributed by atoms with Gasteiger partial charge in [-0.05, 0) is 30.4 Å². The number of non-ortho nitro benzene ring substituents is 1. The van der Waals surface area contributed by atoms with E-state index in [1.807, 2.05) is 0 Å². The molecule has 1 unspecified atom stereocenters. The third-order valence-corrected chi connectivity index (χ3v) is 3.04. The van der Waals surface area contributed by atoms with Crippen molar-refractivity contribution in [2.75, 3.05) is 0 Å². The van der Waals surface area contributed by atoms with Crippen molar-refractivity contribution in [1.82, 2.24) is 5.32 Å². The summed E-state index contributed by atoms with van der Waals surface area (Å²) in [6, 6.07) is 2.55. The number of nitro groups is 1. The van der Waals surface area contributed by atoms with Crippen molar-refractivity contribution in [3.05, 3.63) is 39.7 Å². The number of hydrogen-bond donors (Lipinski definition) is 2. The molecule has 0 saturated heterocycles. The Morgan fingerprint density at radius 3 is 2.74 bits per heavy atom. The number of rotatable bonds is 6. The fraction of sp³-hybridized carbons (Fsp3) is 0.417. The van der Waals surface area contributed by atoms with Crippen LogP contribution in [0.25, 0.3) is 0 Å². The highest BCUT2D eigenvalue weighted by molar-refractivity contribution is 5.74. The molecule has 1 aliphatic carbocycles. The van der Waals surface area contributed by atoms with Gasteiger partial charge in [-0.15, -0.1) is 0 Å². The highest BCUT2D eigenvalue weighted by Gasteiger charge is 2.35. The second-order valence-corrected chi connectivity index (χ2v) is 4.61. The van der Waals surface area contributed by atoms with E-state index in [1.165, 1.54) is 6.07 Å². The predicted octanol–water partition coefficient (Wildman–Crippen LogP) is 1.69. The minimum atomic E-state index is -0.951. The standard InChI is InChI=1S/C12H13FN2O4/c13-9-3-7(4-10(5-9)15(18)19)6-14-11(12(16)17)8-1-2-8/h3-5,8,11,14H,1-2,6H2,(H,16,17). The van der Waals surface area contributed by atoms with E-state index in [9.17, 15) is 19.3 Å². The van der Waals surface area contributed by atoms with E-state index in [0.29, 0.717) is 5.56 Å². The van der Waals surface area contributed by atoms with Gasteiger partial charge in [-0.3, -0.25) is 14.9 Å². The van der Waals surface area contributed by atoms with Crippen LogP contribution >= 0.6 is 0 Å². The molecule has 0 bridgehead atoms. The minimum absolute atomic E-state index is 0.0894. The highest BCUT2D eigenvalue weighted by Crippen LogP contribution is 2.33. The van der Waals surface area contributed by atoms with Crippen LogP contribution in [0.2, 0.25) is 0 Å². The molecule has 1 saturated carbocycles. The lowest BCUT2D eigenvalue weighted by molar-refractivity contribution is -0.385. The van der Waals surface area contributed by atoms with Gasteiger partial charge in [0.1, 0.15) is 11.9 Å². The molecule has 0 aliphatic heterocycles. The number of carboxylic acids is 1. The zero-order chi connectivity index (χ0) is 14.0. The van der Waals surface area contributed by atoms with Gasteiger partial charge in [-0.1, -0.05) is 0 Å². The van der Waals surface area contributed by atoms with Crippen molar-refractivity contribution < 1.29 is 19.2 Å². The maximum atomic E-state index is 13.2. The summed E-state index contributed by atoms with van der Waals surface area (Å²) in [6.45, 7) is 0.0894. The number of nitro benzene ring substituents is 1.